The molecule has 1 aliphatic rings. The summed E-state index contributed by atoms with van der Waals surface area (Å²) in [6, 6.07) is 10.6. The van der Waals surface area contributed by atoms with Crippen LogP contribution in [0.1, 0.15) is 38.2 Å². The second kappa shape index (κ2) is 4.36. The zero-order valence-electron chi connectivity index (χ0n) is 10.9. The van der Waals surface area contributed by atoms with E-state index in [4.69, 9.17) is 5.73 Å². The predicted molar refractivity (Wildman–Crippen MR) is 75.2 cm³/mol. The summed E-state index contributed by atoms with van der Waals surface area (Å²) in [4.78, 5) is 4.36. The fraction of sp³-hybridized carbons (Fsp3) is 0.438. The third-order valence-electron chi connectivity index (χ3n) is 4.34. The van der Waals surface area contributed by atoms with Crippen LogP contribution in [-0.2, 0) is 5.54 Å². The number of nitrogens with zero attached hydrogens (tertiary/aromatic N) is 1. The van der Waals surface area contributed by atoms with Crippen LogP contribution in [0.5, 0.6) is 0 Å². The molecule has 2 N–H and O–H groups in total. The van der Waals surface area contributed by atoms with E-state index in [1.807, 2.05) is 12.3 Å². The van der Waals surface area contributed by atoms with Crippen molar-refractivity contribution >= 4 is 10.9 Å². The summed E-state index contributed by atoms with van der Waals surface area (Å²) in [5.41, 5.74) is 8.81. The summed E-state index contributed by atoms with van der Waals surface area (Å²) in [6.45, 7) is 2.32. The minimum absolute atomic E-state index is 0.128. The van der Waals surface area contributed by atoms with Crippen molar-refractivity contribution in [2.24, 2.45) is 11.7 Å². The standard InChI is InChI=1S/C16H20N2/c1-12-6-8-16(17,9-7-12)14-4-5-15-13(11-14)3-2-10-18-15/h2-5,10-12H,6-9,17H2,1H3. The maximum Gasteiger partial charge on any atom is 0.0702 e. The molecule has 2 heteroatoms. The molecule has 0 aliphatic heterocycles. The lowest BCUT2D eigenvalue weighted by atomic mass is 9.74. The van der Waals surface area contributed by atoms with Crippen molar-refractivity contribution in [1.82, 2.24) is 4.98 Å². The van der Waals surface area contributed by atoms with Gasteiger partial charge in [0.15, 0.2) is 0 Å². The van der Waals surface area contributed by atoms with Gasteiger partial charge in [-0.25, -0.2) is 0 Å². The highest BCUT2D eigenvalue weighted by Crippen LogP contribution is 2.37. The Labute approximate surface area is 108 Å². The summed E-state index contributed by atoms with van der Waals surface area (Å²) >= 11 is 0. The smallest absolute Gasteiger partial charge is 0.0702 e. The SMILES string of the molecule is CC1CCC(N)(c2ccc3ncccc3c2)CC1. The van der Waals surface area contributed by atoms with E-state index in [1.54, 1.807) is 0 Å². The van der Waals surface area contributed by atoms with E-state index < -0.39 is 0 Å². The quantitative estimate of drug-likeness (QED) is 0.827. The normalized spacial score (nSPS) is 28.4. The molecular weight excluding hydrogens is 220 g/mol. The molecule has 1 aromatic carbocycles. The van der Waals surface area contributed by atoms with Crippen LogP contribution in [0.2, 0.25) is 0 Å². The van der Waals surface area contributed by atoms with Crippen LogP contribution < -0.4 is 5.73 Å². The van der Waals surface area contributed by atoms with E-state index in [0.29, 0.717) is 0 Å². The molecule has 0 saturated heterocycles. The van der Waals surface area contributed by atoms with Crippen LogP contribution in [0.3, 0.4) is 0 Å². The largest absolute Gasteiger partial charge is 0.321 e. The Bertz CT molecular complexity index is 554. The van der Waals surface area contributed by atoms with Gasteiger partial charge in [0.05, 0.1) is 5.52 Å². The average Bonchev–Trinajstić information content (AvgIpc) is 2.42. The molecular formula is C16H20N2. The zero-order chi connectivity index (χ0) is 12.6. The zero-order valence-corrected chi connectivity index (χ0v) is 10.9. The van der Waals surface area contributed by atoms with E-state index in [0.717, 1.165) is 24.3 Å². The highest BCUT2D eigenvalue weighted by molar-refractivity contribution is 5.79. The molecule has 1 saturated carbocycles. The first kappa shape index (κ1) is 11.7. The number of nitrogens with two attached hydrogens (primary N) is 1. The molecule has 94 valence electrons. The van der Waals surface area contributed by atoms with Crippen LogP contribution in [0.15, 0.2) is 36.5 Å². The Morgan fingerprint density at radius 1 is 1.22 bits per heavy atom. The van der Waals surface area contributed by atoms with Crippen molar-refractivity contribution in [3.05, 3.63) is 42.1 Å². The molecule has 1 fully saturated rings. The fourth-order valence-corrected chi connectivity index (χ4v) is 2.95. The van der Waals surface area contributed by atoms with Crippen LogP contribution >= 0.6 is 0 Å². The molecule has 2 aromatic rings. The molecule has 1 aromatic heterocycles. The highest BCUT2D eigenvalue weighted by atomic mass is 14.7. The lowest BCUT2D eigenvalue weighted by molar-refractivity contribution is 0.248. The Morgan fingerprint density at radius 2 is 2.00 bits per heavy atom. The monoisotopic (exact) mass is 240 g/mol. The van der Waals surface area contributed by atoms with Gasteiger partial charge in [-0.2, -0.15) is 0 Å². The van der Waals surface area contributed by atoms with E-state index >= 15 is 0 Å². The summed E-state index contributed by atoms with van der Waals surface area (Å²) in [5, 5.41) is 1.19. The minimum atomic E-state index is -0.128. The molecule has 0 spiro atoms. The number of rotatable bonds is 1. The molecule has 1 aliphatic carbocycles. The second-order valence-corrected chi connectivity index (χ2v) is 5.75. The van der Waals surface area contributed by atoms with E-state index in [9.17, 15) is 0 Å². The van der Waals surface area contributed by atoms with Crippen LogP contribution in [0.4, 0.5) is 0 Å². The van der Waals surface area contributed by atoms with Crippen molar-refractivity contribution < 1.29 is 0 Å². The Kier molecular flexibility index (Phi) is 2.83. The first-order valence-corrected chi connectivity index (χ1v) is 6.81. The summed E-state index contributed by atoms with van der Waals surface area (Å²) in [5.74, 6) is 0.823. The molecule has 3 rings (SSSR count). The van der Waals surface area contributed by atoms with Gasteiger partial charge in [-0.1, -0.05) is 19.1 Å². The molecule has 2 nitrogen and oxygen atoms in total. The van der Waals surface area contributed by atoms with Gasteiger partial charge in [0.2, 0.25) is 0 Å². The van der Waals surface area contributed by atoms with Gasteiger partial charge in [0.1, 0.15) is 0 Å². The average molecular weight is 240 g/mol. The van der Waals surface area contributed by atoms with E-state index in [2.05, 4.69) is 36.2 Å². The lowest BCUT2D eigenvalue weighted by Crippen LogP contribution is -2.40. The second-order valence-electron chi connectivity index (χ2n) is 5.75. The lowest BCUT2D eigenvalue weighted by Gasteiger charge is -2.36. The summed E-state index contributed by atoms with van der Waals surface area (Å²) in [7, 11) is 0. The molecule has 18 heavy (non-hydrogen) atoms. The third kappa shape index (κ3) is 2.01. The highest BCUT2D eigenvalue weighted by Gasteiger charge is 2.31. The van der Waals surface area contributed by atoms with Crippen LogP contribution in [-0.4, -0.2) is 4.98 Å². The summed E-state index contributed by atoms with van der Waals surface area (Å²) < 4.78 is 0. The van der Waals surface area contributed by atoms with Gasteiger partial charge in [-0.3, -0.25) is 4.98 Å². The molecule has 1 heterocycles. The Balaban J connectivity index is 1.98. The van der Waals surface area contributed by atoms with Gasteiger partial charge in [0.25, 0.3) is 0 Å². The topological polar surface area (TPSA) is 38.9 Å². The first-order valence-electron chi connectivity index (χ1n) is 6.81. The maximum absolute atomic E-state index is 6.61. The molecule has 0 atom stereocenters. The maximum atomic E-state index is 6.61. The van der Waals surface area contributed by atoms with Crippen molar-refractivity contribution in [2.75, 3.05) is 0 Å². The third-order valence-corrected chi connectivity index (χ3v) is 4.34. The van der Waals surface area contributed by atoms with E-state index in [1.165, 1.54) is 23.8 Å². The van der Waals surface area contributed by atoms with Gasteiger partial charge >= 0.3 is 0 Å². The number of hydrogen-bond donors (Lipinski definition) is 1. The molecule has 0 radical (unpaired) electrons. The van der Waals surface area contributed by atoms with Gasteiger partial charge < -0.3 is 5.73 Å². The van der Waals surface area contributed by atoms with Crippen molar-refractivity contribution in [3.63, 3.8) is 0 Å². The predicted octanol–water partition coefficient (Wildman–Crippen LogP) is 3.60. The van der Waals surface area contributed by atoms with Gasteiger partial charge in [-0.15, -0.1) is 0 Å². The number of pyridine rings is 1. The first-order chi connectivity index (χ1) is 8.67. The van der Waals surface area contributed by atoms with Crippen molar-refractivity contribution in [2.45, 2.75) is 38.1 Å². The fourth-order valence-electron chi connectivity index (χ4n) is 2.95. The number of aromatic nitrogens is 1. The molecule has 0 bridgehead atoms. The van der Waals surface area contributed by atoms with E-state index in [-0.39, 0.29) is 5.54 Å². The molecule has 0 unspecified atom stereocenters. The molecule has 0 amide bonds. The Hall–Kier alpha value is -1.41. The van der Waals surface area contributed by atoms with Crippen molar-refractivity contribution in [1.29, 1.82) is 0 Å². The van der Waals surface area contributed by atoms with Crippen LogP contribution in [0, 0.1) is 5.92 Å². The summed E-state index contributed by atoms with van der Waals surface area (Å²) in [6.07, 6.45) is 6.51. The van der Waals surface area contributed by atoms with Gasteiger partial charge in [-0.05, 0) is 55.4 Å². The number of fused-ring (bicyclic) bond motifs is 1. The van der Waals surface area contributed by atoms with Crippen LogP contribution in [0.25, 0.3) is 10.9 Å². The number of benzene rings is 1. The number of hydrogen-bond acceptors (Lipinski definition) is 2. The minimum Gasteiger partial charge on any atom is -0.321 e. The Morgan fingerprint density at radius 3 is 2.78 bits per heavy atom. The van der Waals surface area contributed by atoms with Crippen molar-refractivity contribution in [3.8, 4) is 0 Å². The van der Waals surface area contributed by atoms with Gasteiger partial charge in [0, 0.05) is 17.1 Å².